The molecule has 0 unspecified atom stereocenters. The van der Waals surface area contributed by atoms with Crippen molar-refractivity contribution in [1.29, 1.82) is 0 Å². The summed E-state index contributed by atoms with van der Waals surface area (Å²) in [7, 11) is 0. The van der Waals surface area contributed by atoms with Gasteiger partial charge in [0.2, 0.25) is 0 Å². The summed E-state index contributed by atoms with van der Waals surface area (Å²) in [4.78, 5) is 0. The molecule has 0 radical (unpaired) electrons. The minimum Gasteiger partial charge on any atom is -0.281 e. The normalized spacial score (nSPS) is 9.03. The van der Waals surface area contributed by atoms with Gasteiger partial charge in [-0.15, -0.1) is 12.1 Å². The number of benzene rings is 2. The summed E-state index contributed by atoms with van der Waals surface area (Å²) in [5, 5.41) is 0. The average molecular weight is 476 g/mol. The van der Waals surface area contributed by atoms with E-state index in [-0.39, 0.29) is 33.9 Å². The molecule has 0 aliphatic rings. The van der Waals surface area contributed by atoms with Gasteiger partial charge >= 0.3 is 21.7 Å². The third-order valence-electron chi connectivity index (χ3n) is 2.90. The van der Waals surface area contributed by atoms with E-state index in [1.165, 1.54) is 12.1 Å². The molecule has 31 heavy (non-hydrogen) atoms. The van der Waals surface area contributed by atoms with Crippen molar-refractivity contribution >= 4 is 0 Å². The minimum absolute atomic E-state index is 0. The molecule has 160 valence electrons. The summed E-state index contributed by atoms with van der Waals surface area (Å²) in [5.41, 5.74) is 0. The van der Waals surface area contributed by atoms with Crippen molar-refractivity contribution in [2.24, 2.45) is 0 Å². The Hall–Kier alpha value is -2.71. The fraction of sp³-hybridized carbons (Fsp3) is 0. The molecule has 0 atom stereocenters. The van der Waals surface area contributed by atoms with Crippen LogP contribution in [0.2, 0.25) is 0 Å². The molecular weight excluding hydrogens is 464 g/mol. The van der Waals surface area contributed by atoms with Crippen LogP contribution in [-0.2, 0) is 21.7 Å². The van der Waals surface area contributed by atoms with Crippen LogP contribution < -0.4 is 0 Å². The summed E-state index contributed by atoms with van der Waals surface area (Å²) >= 11 is 0. The van der Waals surface area contributed by atoms with E-state index in [0.29, 0.717) is 0 Å². The molecule has 0 nitrogen and oxygen atoms in total. The quantitative estimate of drug-likeness (QED) is 0.112. The first-order valence-electron chi connectivity index (χ1n) is 8.00. The monoisotopic (exact) mass is 476 g/mol. The molecule has 0 aliphatic heterocycles. The van der Waals surface area contributed by atoms with Crippen molar-refractivity contribution in [2.75, 3.05) is 0 Å². The minimum atomic E-state index is -1.51. The second-order valence-corrected chi connectivity index (χ2v) is 5.11. The number of hydrogen-bond donors (Lipinski definition) is 0. The number of rotatable bonds is 0. The summed E-state index contributed by atoms with van der Waals surface area (Å²) in [6.45, 7) is 0. The van der Waals surface area contributed by atoms with Gasteiger partial charge in [-0.2, -0.15) is 36.4 Å². The second kappa shape index (κ2) is 15.1. The third kappa shape index (κ3) is 11.3. The topological polar surface area (TPSA) is 0 Å². The Kier molecular flexibility index (Phi) is 13.8. The van der Waals surface area contributed by atoms with Crippen LogP contribution in [0.5, 0.6) is 0 Å². The van der Waals surface area contributed by atoms with E-state index in [1.54, 1.807) is 0 Å². The molecule has 0 saturated heterocycles. The average Bonchev–Trinajstić information content (AvgIpc) is 3.44. The van der Waals surface area contributed by atoms with Gasteiger partial charge in [-0.3, -0.25) is 17.6 Å². The largest absolute Gasteiger partial charge is 4.00 e. The van der Waals surface area contributed by atoms with E-state index < -0.39 is 46.5 Å². The van der Waals surface area contributed by atoms with Crippen molar-refractivity contribution < 1.29 is 56.8 Å². The van der Waals surface area contributed by atoms with Gasteiger partial charge in [-0.1, -0.05) is 12.1 Å². The Balaban J connectivity index is 0.000000401. The Bertz CT molecular complexity index is 767. The predicted octanol–water partition coefficient (Wildman–Crippen LogP) is 6.89. The van der Waals surface area contributed by atoms with E-state index in [1.807, 2.05) is 60.7 Å². The van der Waals surface area contributed by atoms with Gasteiger partial charge in [0.05, 0.1) is 0 Å². The van der Waals surface area contributed by atoms with Crippen LogP contribution >= 0.6 is 0 Å². The maximum atomic E-state index is 11.9. The Morgan fingerprint density at radius 2 is 0.677 bits per heavy atom. The zero-order valence-corrected chi connectivity index (χ0v) is 17.0. The van der Waals surface area contributed by atoms with Crippen molar-refractivity contribution in [3.05, 3.63) is 131 Å². The molecule has 0 aliphatic carbocycles. The summed E-state index contributed by atoms with van der Waals surface area (Å²) in [5.74, 6) is -11.8. The number of halogens is 8. The smallest absolute Gasteiger partial charge is 0.281 e. The van der Waals surface area contributed by atoms with Gasteiger partial charge < -0.3 is 0 Å². The van der Waals surface area contributed by atoms with E-state index in [0.717, 1.165) is 0 Å². The van der Waals surface area contributed by atoms with Gasteiger partial charge in [0, 0.05) is 46.5 Å². The molecule has 9 heteroatoms. The summed E-state index contributed by atoms with van der Waals surface area (Å²) in [6.07, 6.45) is 0. The standard InChI is InChI=1S/2C6HF4.2C5H5.Ti/c2*7-3-1-4(8)6(10)2-5(3)9;2*1-2-4-5-3-1;/h2*1H;2*1-5H;/q4*-1;+4. The molecule has 0 amide bonds. The first kappa shape index (κ1) is 28.3. The van der Waals surface area contributed by atoms with Crippen LogP contribution in [0.25, 0.3) is 0 Å². The second-order valence-electron chi connectivity index (χ2n) is 5.11. The van der Waals surface area contributed by atoms with Gasteiger partial charge in [0.15, 0.2) is 0 Å². The van der Waals surface area contributed by atoms with E-state index in [9.17, 15) is 35.1 Å². The molecule has 0 saturated carbocycles. The van der Waals surface area contributed by atoms with Crippen LogP contribution in [0.4, 0.5) is 35.1 Å². The first-order valence-corrected chi connectivity index (χ1v) is 8.00. The Labute approximate surface area is 188 Å². The first-order chi connectivity index (χ1) is 14.2. The van der Waals surface area contributed by atoms with Crippen LogP contribution in [0.15, 0.2) is 72.8 Å². The van der Waals surface area contributed by atoms with Gasteiger partial charge in [0.1, 0.15) is 0 Å². The van der Waals surface area contributed by atoms with E-state index in [4.69, 9.17) is 0 Å². The molecule has 0 heterocycles. The van der Waals surface area contributed by atoms with Gasteiger partial charge in [0.25, 0.3) is 0 Å². The molecule has 4 aromatic rings. The maximum absolute atomic E-state index is 11.9. The molecule has 4 rings (SSSR count). The summed E-state index contributed by atoms with van der Waals surface area (Å²) < 4.78 is 95.5. The molecule has 0 aromatic heterocycles. The van der Waals surface area contributed by atoms with Crippen LogP contribution in [-0.4, -0.2) is 0 Å². The van der Waals surface area contributed by atoms with E-state index >= 15 is 0 Å². The molecule has 0 bridgehead atoms. The molecule has 0 fully saturated rings. The van der Waals surface area contributed by atoms with Crippen LogP contribution in [0, 0.1) is 58.7 Å². The van der Waals surface area contributed by atoms with Crippen LogP contribution in [0.3, 0.4) is 0 Å². The van der Waals surface area contributed by atoms with Gasteiger partial charge in [-0.25, -0.2) is 41.8 Å². The predicted molar refractivity (Wildman–Crippen MR) is 94.3 cm³/mol. The van der Waals surface area contributed by atoms with Crippen molar-refractivity contribution in [2.45, 2.75) is 0 Å². The van der Waals surface area contributed by atoms with E-state index in [2.05, 4.69) is 0 Å². The fourth-order valence-corrected chi connectivity index (χ4v) is 1.55. The van der Waals surface area contributed by atoms with Gasteiger partial charge in [-0.05, 0) is 0 Å². The fourth-order valence-electron chi connectivity index (χ4n) is 1.55. The summed E-state index contributed by atoms with van der Waals surface area (Å²) in [6, 6.07) is 22.7. The molecule has 4 aromatic carbocycles. The Morgan fingerprint density at radius 1 is 0.452 bits per heavy atom. The Morgan fingerprint density at radius 3 is 0.806 bits per heavy atom. The zero-order chi connectivity index (χ0) is 22.5. The SMILES string of the molecule is Fc1[c-]c(F)c(F)cc1F.Fc1[c-]c(F)c(F)cc1F.[Ti+4].c1cc[cH-]c1.c1cc[cH-]c1. The molecule has 0 spiro atoms. The third-order valence-corrected chi connectivity index (χ3v) is 2.90. The van der Waals surface area contributed by atoms with Crippen molar-refractivity contribution in [1.82, 2.24) is 0 Å². The van der Waals surface area contributed by atoms with Crippen LogP contribution in [0.1, 0.15) is 0 Å². The van der Waals surface area contributed by atoms with Crippen molar-refractivity contribution in [3.8, 4) is 0 Å². The molecular formula is C22H12F8Ti. The maximum Gasteiger partial charge on any atom is 4.00 e. The molecule has 0 N–H and O–H groups in total. The zero-order valence-electron chi connectivity index (χ0n) is 15.5. The van der Waals surface area contributed by atoms with Crippen molar-refractivity contribution in [3.63, 3.8) is 0 Å². The number of hydrogen-bond acceptors (Lipinski definition) is 0.